The quantitative estimate of drug-likeness (QED) is 0.769. The van der Waals surface area contributed by atoms with Crippen LogP contribution >= 0.6 is 0 Å². The van der Waals surface area contributed by atoms with Crippen LogP contribution in [-0.2, 0) is 6.42 Å². The van der Waals surface area contributed by atoms with Gasteiger partial charge in [-0.05, 0) is 24.6 Å². The molecule has 0 unspecified atom stereocenters. The van der Waals surface area contributed by atoms with Crippen molar-refractivity contribution in [3.63, 3.8) is 0 Å². The molecule has 0 aliphatic rings. The van der Waals surface area contributed by atoms with Crippen molar-refractivity contribution >= 4 is 5.97 Å². The zero-order chi connectivity index (χ0) is 9.84. The first-order valence-corrected chi connectivity index (χ1v) is 4.01. The third kappa shape index (κ3) is 1.80. The number of rotatable bonds is 3. The van der Waals surface area contributed by atoms with E-state index in [4.69, 9.17) is 9.84 Å². The third-order valence-electron chi connectivity index (χ3n) is 1.85. The van der Waals surface area contributed by atoms with Gasteiger partial charge in [0, 0.05) is 5.56 Å². The van der Waals surface area contributed by atoms with Crippen molar-refractivity contribution in [2.45, 2.75) is 13.3 Å². The van der Waals surface area contributed by atoms with Gasteiger partial charge >= 0.3 is 5.97 Å². The molecule has 0 spiro atoms. The lowest BCUT2D eigenvalue weighted by atomic mass is 10.0. The highest BCUT2D eigenvalue weighted by molar-refractivity contribution is 5.89. The minimum absolute atomic E-state index is 0.196. The average molecular weight is 179 g/mol. The molecule has 1 aromatic carbocycles. The van der Waals surface area contributed by atoms with Crippen LogP contribution in [0.5, 0.6) is 5.75 Å². The van der Waals surface area contributed by atoms with E-state index in [2.05, 4.69) is 6.07 Å². The van der Waals surface area contributed by atoms with Gasteiger partial charge in [-0.25, -0.2) is 4.79 Å². The molecular weight excluding hydrogens is 168 g/mol. The number of carboxylic acids is 1. The van der Waals surface area contributed by atoms with E-state index in [0.717, 1.165) is 0 Å². The Labute approximate surface area is 77.0 Å². The van der Waals surface area contributed by atoms with Gasteiger partial charge in [-0.3, -0.25) is 0 Å². The summed E-state index contributed by atoms with van der Waals surface area (Å²) in [5.74, 6) is -0.352. The molecule has 1 rings (SSSR count). The maximum atomic E-state index is 10.8. The fourth-order valence-corrected chi connectivity index (χ4v) is 1.24. The van der Waals surface area contributed by atoms with Gasteiger partial charge in [0.25, 0.3) is 0 Å². The molecule has 0 aliphatic heterocycles. The Bertz CT molecular complexity index is 318. The predicted octanol–water partition coefficient (Wildman–Crippen LogP) is 1.76. The molecule has 0 aromatic heterocycles. The lowest BCUT2D eigenvalue weighted by Gasteiger charge is -2.08. The number of hydrogen-bond acceptors (Lipinski definition) is 2. The lowest BCUT2D eigenvalue weighted by molar-refractivity contribution is 0.0695. The number of aromatic carboxylic acids is 1. The summed E-state index contributed by atoms with van der Waals surface area (Å²) in [6.45, 7) is 1.89. The van der Waals surface area contributed by atoms with E-state index in [1.165, 1.54) is 7.11 Å². The minimum atomic E-state index is -0.962. The first kappa shape index (κ1) is 9.58. The van der Waals surface area contributed by atoms with E-state index in [1.54, 1.807) is 12.1 Å². The Morgan fingerprint density at radius 2 is 2.38 bits per heavy atom. The van der Waals surface area contributed by atoms with Gasteiger partial charge in [0.2, 0.25) is 0 Å². The Hall–Kier alpha value is -1.51. The number of methoxy groups -OCH3 is 1. The van der Waals surface area contributed by atoms with E-state index >= 15 is 0 Å². The highest BCUT2D eigenvalue weighted by atomic mass is 16.5. The van der Waals surface area contributed by atoms with Crippen LogP contribution in [0.1, 0.15) is 22.8 Å². The fraction of sp³-hybridized carbons (Fsp3) is 0.300. The summed E-state index contributed by atoms with van der Waals surface area (Å²) < 4.78 is 5.04. The maximum Gasteiger partial charge on any atom is 0.336 e. The predicted molar refractivity (Wildman–Crippen MR) is 48.2 cm³/mol. The molecule has 1 radical (unpaired) electrons. The zero-order valence-corrected chi connectivity index (χ0v) is 7.63. The summed E-state index contributed by atoms with van der Waals surface area (Å²) in [5.41, 5.74) is 0.888. The Morgan fingerprint density at radius 1 is 1.69 bits per heavy atom. The van der Waals surface area contributed by atoms with Crippen molar-refractivity contribution in [2.24, 2.45) is 0 Å². The van der Waals surface area contributed by atoms with Crippen LogP contribution in [0.15, 0.2) is 12.1 Å². The van der Waals surface area contributed by atoms with Crippen molar-refractivity contribution in [3.05, 3.63) is 29.3 Å². The van der Waals surface area contributed by atoms with Gasteiger partial charge in [0.05, 0.1) is 12.7 Å². The molecule has 13 heavy (non-hydrogen) atoms. The van der Waals surface area contributed by atoms with Crippen LogP contribution in [0, 0.1) is 6.07 Å². The number of ether oxygens (including phenoxy) is 1. The Kier molecular flexibility index (Phi) is 2.90. The van der Waals surface area contributed by atoms with Gasteiger partial charge < -0.3 is 9.84 Å². The summed E-state index contributed by atoms with van der Waals surface area (Å²) in [7, 11) is 1.53. The molecule has 1 N–H and O–H groups in total. The molecule has 0 aliphatic carbocycles. The minimum Gasteiger partial charge on any atom is -0.496 e. The van der Waals surface area contributed by atoms with Crippen LogP contribution in [0.4, 0.5) is 0 Å². The van der Waals surface area contributed by atoms with Crippen LogP contribution in [0.25, 0.3) is 0 Å². The molecule has 3 heteroatoms. The lowest BCUT2D eigenvalue weighted by Crippen LogP contribution is -2.03. The van der Waals surface area contributed by atoms with Crippen LogP contribution in [0.2, 0.25) is 0 Å². The number of carbonyl (C=O) groups is 1. The molecule has 0 amide bonds. The highest BCUT2D eigenvalue weighted by Crippen LogP contribution is 2.22. The standard InChI is InChI=1S/C10H11O3/c1-3-7-8(10(11)12)5-4-6-9(7)13-2/h4,6H,3H2,1-2H3,(H,11,12). The smallest absolute Gasteiger partial charge is 0.336 e. The zero-order valence-electron chi connectivity index (χ0n) is 7.63. The van der Waals surface area contributed by atoms with Gasteiger partial charge in [0.15, 0.2) is 0 Å². The van der Waals surface area contributed by atoms with Gasteiger partial charge in [0.1, 0.15) is 5.75 Å². The molecular formula is C10H11O3. The van der Waals surface area contributed by atoms with Crippen molar-refractivity contribution in [2.75, 3.05) is 7.11 Å². The maximum absolute atomic E-state index is 10.8. The van der Waals surface area contributed by atoms with E-state index in [-0.39, 0.29) is 5.56 Å². The van der Waals surface area contributed by atoms with Gasteiger partial charge in [-0.1, -0.05) is 6.92 Å². The Morgan fingerprint density at radius 3 is 2.85 bits per heavy atom. The van der Waals surface area contributed by atoms with Gasteiger partial charge in [-0.2, -0.15) is 0 Å². The summed E-state index contributed by atoms with van der Waals surface area (Å²) in [5, 5.41) is 8.83. The van der Waals surface area contributed by atoms with E-state index in [9.17, 15) is 4.79 Å². The van der Waals surface area contributed by atoms with E-state index in [1.807, 2.05) is 6.92 Å². The monoisotopic (exact) mass is 179 g/mol. The number of carboxylic acid groups (broad SMARTS) is 1. The molecule has 0 fully saturated rings. The summed E-state index contributed by atoms with van der Waals surface area (Å²) in [6.07, 6.45) is 0.627. The third-order valence-corrected chi connectivity index (χ3v) is 1.85. The molecule has 0 heterocycles. The average Bonchev–Trinajstić information content (AvgIpc) is 2.16. The van der Waals surface area contributed by atoms with Crippen molar-refractivity contribution in [1.82, 2.24) is 0 Å². The molecule has 0 atom stereocenters. The van der Waals surface area contributed by atoms with Gasteiger partial charge in [-0.15, -0.1) is 0 Å². The van der Waals surface area contributed by atoms with Crippen molar-refractivity contribution in [3.8, 4) is 5.75 Å². The second kappa shape index (κ2) is 3.94. The van der Waals surface area contributed by atoms with Crippen LogP contribution < -0.4 is 4.74 Å². The van der Waals surface area contributed by atoms with Crippen molar-refractivity contribution < 1.29 is 14.6 Å². The topological polar surface area (TPSA) is 46.5 Å². The molecule has 69 valence electrons. The largest absolute Gasteiger partial charge is 0.496 e. The summed E-state index contributed by atoms with van der Waals surface area (Å²) in [6, 6.07) is 5.95. The van der Waals surface area contributed by atoms with Crippen LogP contribution in [0.3, 0.4) is 0 Å². The fourth-order valence-electron chi connectivity index (χ4n) is 1.24. The molecule has 1 aromatic rings. The van der Waals surface area contributed by atoms with E-state index in [0.29, 0.717) is 17.7 Å². The van der Waals surface area contributed by atoms with Crippen molar-refractivity contribution in [1.29, 1.82) is 0 Å². The Balaban J connectivity index is 3.27. The second-order valence-electron chi connectivity index (χ2n) is 2.56. The molecule has 0 bridgehead atoms. The second-order valence-corrected chi connectivity index (χ2v) is 2.56. The SMILES string of the molecule is CCc1c(C(=O)O)[c]ccc1OC. The van der Waals surface area contributed by atoms with E-state index < -0.39 is 5.97 Å². The first-order valence-electron chi connectivity index (χ1n) is 4.01. The number of benzene rings is 1. The highest BCUT2D eigenvalue weighted by Gasteiger charge is 2.12. The summed E-state index contributed by atoms with van der Waals surface area (Å²) >= 11 is 0. The number of hydrogen-bond donors (Lipinski definition) is 1. The van der Waals surface area contributed by atoms with Crippen LogP contribution in [-0.4, -0.2) is 18.2 Å². The summed E-state index contributed by atoms with van der Waals surface area (Å²) in [4.78, 5) is 10.8. The molecule has 3 nitrogen and oxygen atoms in total. The normalized spacial score (nSPS) is 9.69. The molecule has 0 saturated carbocycles. The first-order chi connectivity index (χ1) is 6.20. The molecule has 0 saturated heterocycles.